The van der Waals surface area contributed by atoms with Crippen molar-refractivity contribution >= 4 is 17.4 Å². The quantitative estimate of drug-likeness (QED) is 0.831. The van der Waals surface area contributed by atoms with Crippen molar-refractivity contribution in [3.63, 3.8) is 0 Å². The number of aromatic nitrogens is 1. The summed E-state index contributed by atoms with van der Waals surface area (Å²) in [6.45, 7) is 9.85. The maximum Gasteiger partial charge on any atom is 0.346 e. The molecule has 2 rings (SSSR count). The fourth-order valence-electron chi connectivity index (χ4n) is 2.50. The van der Waals surface area contributed by atoms with Crippen LogP contribution in [0.25, 0.3) is 5.69 Å². The molecule has 0 aliphatic rings. The molecule has 0 saturated carbocycles. The van der Waals surface area contributed by atoms with Gasteiger partial charge in [-0.25, -0.2) is 9.18 Å². The molecule has 2 amide bonds. The Labute approximate surface area is 139 Å². The largest absolute Gasteiger partial charge is 0.346 e. The van der Waals surface area contributed by atoms with Crippen LogP contribution in [-0.4, -0.2) is 27.6 Å². The SMILES string of the molecule is Cc1cn(-c2ccc(F)cc2)c(=NC(=O)N(C(C)C)C(C)C)s1. The smallest absolute Gasteiger partial charge is 0.318 e. The molecule has 4 nitrogen and oxygen atoms in total. The lowest BCUT2D eigenvalue weighted by Crippen LogP contribution is -2.41. The first-order valence-electron chi connectivity index (χ1n) is 7.61. The topological polar surface area (TPSA) is 37.6 Å². The van der Waals surface area contributed by atoms with Crippen LogP contribution in [-0.2, 0) is 0 Å². The molecule has 0 aliphatic carbocycles. The van der Waals surface area contributed by atoms with Gasteiger partial charge in [-0.1, -0.05) is 0 Å². The number of nitrogens with zero attached hydrogens (tertiary/aromatic N) is 3. The Morgan fingerprint density at radius 2 is 1.74 bits per heavy atom. The first-order valence-corrected chi connectivity index (χ1v) is 8.43. The lowest BCUT2D eigenvalue weighted by atomic mass is 10.2. The summed E-state index contributed by atoms with van der Waals surface area (Å²) in [5.41, 5.74) is 0.781. The van der Waals surface area contributed by atoms with Gasteiger partial charge >= 0.3 is 6.03 Å². The van der Waals surface area contributed by atoms with Gasteiger partial charge in [0.25, 0.3) is 0 Å². The van der Waals surface area contributed by atoms with Crippen LogP contribution in [0.2, 0.25) is 0 Å². The van der Waals surface area contributed by atoms with Gasteiger partial charge in [0.1, 0.15) is 5.82 Å². The number of urea groups is 1. The molecule has 0 spiro atoms. The average molecular weight is 335 g/mol. The molecule has 0 radical (unpaired) electrons. The van der Waals surface area contributed by atoms with Crippen molar-refractivity contribution in [1.82, 2.24) is 9.47 Å². The number of thiazole rings is 1. The van der Waals surface area contributed by atoms with Gasteiger partial charge in [-0.05, 0) is 58.9 Å². The van der Waals surface area contributed by atoms with E-state index in [1.54, 1.807) is 17.0 Å². The van der Waals surface area contributed by atoms with Crippen molar-refractivity contribution in [2.45, 2.75) is 46.7 Å². The first-order chi connectivity index (χ1) is 10.8. The van der Waals surface area contributed by atoms with Crippen LogP contribution in [0.1, 0.15) is 32.6 Å². The molecule has 124 valence electrons. The van der Waals surface area contributed by atoms with Gasteiger partial charge in [0, 0.05) is 28.8 Å². The van der Waals surface area contributed by atoms with Crippen molar-refractivity contribution in [1.29, 1.82) is 0 Å². The highest BCUT2D eigenvalue weighted by Gasteiger charge is 2.19. The van der Waals surface area contributed by atoms with Gasteiger partial charge in [0.05, 0.1) is 0 Å². The molecule has 1 aromatic heterocycles. The Bertz CT molecular complexity index is 736. The van der Waals surface area contributed by atoms with E-state index in [-0.39, 0.29) is 23.9 Å². The van der Waals surface area contributed by atoms with Crippen LogP contribution < -0.4 is 4.80 Å². The van der Waals surface area contributed by atoms with Gasteiger partial charge in [0.15, 0.2) is 4.80 Å². The lowest BCUT2D eigenvalue weighted by molar-refractivity contribution is 0.174. The monoisotopic (exact) mass is 335 g/mol. The predicted molar refractivity (Wildman–Crippen MR) is 91.4 cm³/mol. The van der Waals surface area contributed by atoms with E-state index in [9.17, 15) is 9.18 Å². The standard InChI is InChI=1S/C17H22FN3OS/c1-11(2)21(12(3)4)16(22)19-17-20(10-13(5)23-17)15-8-6-14(18)7-9-15/h6-12H,1-5H3. The number of carbonyl (C=O) groups is 1. The lowest BCUT2D eigenvalue weighted by Gasteiger charge is -2.28. The van der Waals surface area contributed by atoms with Crippen LogP contribution in [0, 0.1) is 12.7 Å². The van der Waals surface area contributed by atoms with E-state index in [2.05, 4.69) is 4.99 Å². The van der Waals surface area contributed by atoms with Crippen LogP contribution in [0.3, 0.4) is 0 Å². The third-order valence-corrected chi connectivity index (χ3v) is 4.30. The number of halogens is 1. The Morgan fingerprint density at radius 1 is 1.17 bits per heavy atom. The highest BCUT2D eigenvalue weighted by molar-refractivity contribution is 7.09. The number of hydrogen-bond acceptors (Lipinski definition) is 2. The molecule has 0 unspecified atom stereocenters. The average Bonchev–Trinajstić information content (AvgIpc) is 2.79. The molecule has 23 heavy (non-hydrogen) atoms. The second-order valence-corrected chi connectivity index (χ2v) is 7.17. The maximum atomic E-state index is 13.1. The Kier molecular flexibility index (Phi) is 5.36. The number of benzene rings is 1. The van der Waals surface area contributed by atoms with E-state index < -0.39 is 0 Å². The molecule has 0 bridgehead atoms. The van der Waals surface area contributed by atoms with Crippen molar-refractivity contribution in [3.8, 4) is 5.69 Å². The minimum absolute atomic E-state index is 0.0755. The minimum Gasteiger partial charge on any atom is -0.318 e. The van der Waals surface area contributed by atoms with E-state index in [0.717, 1.165) is 10.6 Å². The molecule has 2 aromatic rings. The fourth-order valence-corrected chi connectivity index (χ4v) is 3.32. The van der Waals surface area contributed by atoms with Crippen LogP contribution in [0.4, 0.5) is 9.18 Å². The Morgan fingerprint density at radius 3 is 2.26 bits per heavy atom. The molecule has 0 atom stereocenters. The van der Waals surface area contributed by atoms with Crippen molar-refractivity contribution in [3.05, 3.63) is 46.0 Å². The predicted octanol–water partition coefficient (Wildman–Crippen LogP) is 4.13. The summed E-state index contributed by atoms with van der Waals surface area (Å²) in [6.07, 6.45) is 1.90. The summed E-state index contributed by atoms with van der Waals surface area (Å²) in [7, 11) is 0. The van der Waals surface area contributed by atoms with Gasteiger partial charge in [-0.2, -0.15) is 4.99 Å². The zero-order chi connectivity index (χ0) is 17.1. The van der Waals surface area contributed by atoms with E-state index in [0.29, 0.717) is 4.80 Å². The third kappa shape index (κ3) is 4.07. The summed E-state index contributed by atoms with van der Waals surface area (Å²) in [5.74, 6) is -0.290. The van der Waals surface area contributed by atoms with Gasteiger partial charge in [0.2, 0.25) is 0 Å². The zero-order valence-corrected chi connectivity index (χ0v) is 14.9. The maximum absolute atomic E-state index is 13.1. The van der Waals surface area contributed by atoms with E-state index in [1.807, 2.05) is 45.4 Å². The minimum atomic E-state index is -0.290. The van der Waals surface area contributed by atoms with Crippen molar-refractivity contribution in [2.24, 2.45) is 4.99 Å². The van der Waals surface area contributed by atoms with Crippen molar-refractivity contribution < 1.29 is 9.18 Å². The number of rotatable bonds is 3. The molecule has 6 heteroatoms. The highest BCUT2D eigenvalue weighted by Crippen LogP contribution is 2.12. The van der Waals surface area contributed by atoms with Gasteiger partial charge in [-0.15, -0.1) is 11.3 Å². The summed E-state index contributed by atoms with van der Waals surface area (Å²) >= 11 is 1.44. The molecule has 1 aromatic carbocycles. The molecule has 0 N–H and O–H groups in total. The number of hydrogen-bond donors (Lipinski definition) is 0. The summed E-state index contributed by atoms with van der Waals surface area (Å²) in [4.78, 5) is 20.2. The highest BCUT2D eigenvalue weighted by atomic mass is 32.1. The molecule has 0 aliphatic heterocycles. The Hall–Kier alpha value is -1.95. The van der Waals surface area contributed by atoms with Gasteiger partial charge < -0.3 is 4.90 Å². The molecular weight excluding hydrogens is 313 g/mol. The number of aryl methyl sites for hydroxylation is 1. The second kappa shape index (κ2) is 7.08. The van der Waals surface area contributed by atoms with Crippen LogP contribution >= 0.6 is 11.3 Å². The zero-order valence-electron chi connectivity index (χ0n) is 14.1. The van der Waals surface area contributed by atoms with E-state index in [1.165, 1.54) is 23.5 Å². The molecule has 1 heterocycles. The summed E-state index contributed by atoms with van der Waals surface area (Å²) in [6, 6.07) is 6.04. The second-order valence-electron chi connectivity index (χ2n) is 5.96. The van der Waals surface area contributed by atoms with Crippen LogP contribution in [0.5, 0.6) is 0 Å². The number of carbonyl (C=O) groups excluding carboxylic acids is 1. The van der Waals surface area contributed by atoms with Crippen LogP contribution in [0.15, 0.2) is 35.5 Å². The normalized spacial score (nSPS) is 12.3. The first kappa shape index (κ1) is 17.4. The summed E-state index contributed by atoms with van der Waals surface area (Å²) < 4.78 is 14.9. The third-order valence-electron chi connectivity index (χ3n) is 3.40. The fraction of sp³-hybridized carbons (Fsp3) is 0.412. The molecule has 0 saturated heterocycles. The Balaban J connectivity index is 2.47. The van der Waals surface area contributed by atoms with E-state index >= 15 is 0 Å². The van der Waals surface area contributed by atoms with Gasteiger partial charge in [-0.3, -0.25) is 4.57 Å². The van der Waals surface area contributed by atoms with E-state index in [4.69, 9.17) is 0 Å². The molecular formula is C17H22FN3OS. The van der Waals surface area contributed by atoms with Crippen molar-refractivity contribution in [2.75, 3.05) is 0 Å². The summed E-state index contributed by atoms with van der Waals surface area (Å²) in [5, 5.41) is 0. The molecule has 0 fully saturated rings. The number of amides is 2.